The fraction of sp³-hybridized carbons (Fsp3) is 0.409. The zero-order chi connectivity index (χ0) is 20.5. The van der Waals surface area contributed by atoms with Crippen LogP contribution in [0, 0.1) is 5.92 Å². The second kappa shape index (κ2) is 10.4. The fourth-order valence-corrected chi connectivity index (χ4v) is 2.47. The molecule has 0 unspecified atom stereocenters. The Balaban J connectivity index is 2.01. The number of aromatic nitrogens is 2. The molecule has 0 atom stereocenters. The number of allylic oxidation sites excluding steroid dienone is 3. The van der Waals surface area contributed by atoms with Crippen LogP contribution in [0.2, 0.25) is 0 Å². The summed E-state index contributed by atoms with van der Waals surface area (Å²) < 4.78 is 11.0. The first-order valence-electron chi connectivity index (χ1n) is 9.55. The number of carbonyl (C=O) groups excluding carboxylic acids is 1. The first-order chi connectivity index (χ1) is 13.4. The minimum absolute atomic E-state index is 0.0246. The monoisotopic (exact) mass is 383 g/mol. The molecule has 1 amide bonds. The largest absolute Gasteiger partial charge is 0.484 e. The predicted molar refractivity (Wildman–Crippen MR) is 109 cm³/mol. The zero-order valence-corrected chi connectivity index (χ0v) is 17.3. The summed E-state index contributed by atoms with van der Waals surface area (Å²) in [7, 11) is 0. The predicted octanol–water partition coefficient (Wildman–Crippen LogP) is 4.61. The zero-order valence-electron chi connectivity index (χ0n) is 17.3. The van der Waals surface area contributed by atoms with Crippen molar-refractivity contribution in [2.75, 3.05) is 6.61 Å². The summed E-state index contributed by atoms with van der Waals surface area (Å²) >= 11 is 0. The lowest BCUT2D eigenvalue weighted by Gasteiger charge is -2.25. The molecule has 2 aromatic rings. The highest BCUT2D eigenvalue weighted by atomic mass is 16.5. The van der Waals surface area contributed by atoms with Gasteiger partial charge < -0.3 is 14.2 Å². The minimum Gasteiger partial charge on any atom is -0.484 e. The van der Waals surface area contributed by atoms with Crippen molar-refractivity contribution in [2.45, 2.75) is 47.2 Å². The van der Waals surface area contributed by atoms with Crippen molar-refractivity contribution in [1.29, 1.82) is 0 Å². The molecule has 0 fully saturated rings. The van der Waals surface area contributed by atoms with E-state index < -0.39 is 0 Å². The quantitative estimate of drug-likeness (QED) is 0.467. The van der Waals surface area contributed by atoms with Gasteiger partial charge in [0, 0.05) is 11.6 Å². The van der Waals surface area contributed by atoms with E-state index in [-0.39, 0.29) is 25.1 Å². The number of hydrogen-bond acceptors (Lipinski definition) is 5. The normalized spacial score (nSPS) is 12.2. The van der Waals surface area contributed by atoms with Crippen LogP contribution in [0.5, 0.6) is 0 Å². The van der Waals surface area contributed by atoms with Crippen molar-refractivity contribution in [1.82, 2.24) is 15.0 Å². The van der Waals surface area contributed by atoms with Gasteiger partial charge in [-0.2, -0.15) is 4.98 Å². The van der Waals surface area contributed by atoms with Crippen molar-refractivity contribution in [3.05, 3.63) is 60.2 Å². The van der Waals surface area contributed by atoms with Crippen molar-refractivity contribution >= 4 is 5.91 Å². The second-order valence-corrected chi connectivity index (χ2v) is 7.08. The van der Waals surface area contributed by atoms with Crippen LogP contribution in [0.15, 0.2) is 58.8 Å². The molecule has 150 valence electrons. The topological polar surface area (TPSA) is 68.5 Å². The van der Waals surface area contributed by atoms with Gasteiger partial charge in [0.2, 0.25) is 11.7 Å². The molecule has 0 aliphatic heterocycles. The molecule has 0 spiro atoms. The average molecular weight is 383 g/mol. The van der Waals surface area contributed by atoms with E-state index in [2.05, 4.69) is 24.0 Å². The maximum absolute atomic E-state index is 12.7. The summed E-state index contributed by atoms with van der Waals surface area (Å²) in [6, 6.07) is 9.56. The van der Waals surface area contributed by atoms with Crippen molar-refractivity contribution in [3.63, 3.8) is 0 Å². The van der Waals surface area contributed by atoms with Gasteiger partial charge in [0.25, 0.3) is 5.91 Å². The van der Waals surface area contributed by atoms with Crippen LogP contribution in [-0.2, 0) is 16.1 Å². The highest BCUT2D eigenvalue weighted by molar-refractivity contribution is 5.77. The summed E-state index contributed by atoms with van der Waals surface area (Å²) in [5, 5.41) is 4.01. The summed E-state index contributed by atoms with van der Waals surface area (Å²) in [4.78, 5) is 18.8. The number of hydrogen-bond donors (Lipinski definition) is 0. The third-order valence-corrected chi connectivity index (χ3v) is 4.04. The van der Waals surface area contributed by atoms with E-state index in [1.165, 1.54) is 0 Å². The number of amides is 1. The molecule has 2 rings (SSSR count). The lowest BCUT2D eigenvalue weighted by Crippen LogP contribution is -2.38. The molecular weight excluding hydrogens is 354 g/mol. The summed E-state index contributed by atoms with van der Waals surface area (Å²) in [5.74, 6) is 1.87. The smallest absolute Gasteiger partial charge is 0.261 e. The van der Waals surface area contributed by atoms with Crippen LogP contribution in [0.1, 0.15) is 40.5 Å². The highest BCUT2D eigenvalue weighted by Gasteiger charge is 2.21. The average Bonchev–Trinajstić information content (AvgIpc) is 3.15. The van der Waals surface area contributed by atoms with Crippen LogP contribution >= 0.6 is 0 Å². The minimum atomic E-state index is -0.133. The molecule has 6 nitrogen and oxygen atoms in total. The Bertz CT molecular complexity index is 807. The molecule has 6 heteroatoms. The van der Waals surface area contributed by atoms with Gasteiger partial charge in [-0.15, -0.1) is 0 Å². The Kier molecular flexibility index (Phi) is 7.99. The molecule has 0 radical (unpaired) electrons. The van der Waals surface area contributed by atoms with E-state index >= 15 is 0 Å². The van der Waals surface area contributed by atoms with Crippen molar-refractivity contribution in [2.24, 2.45) is 5.92 Å². The highest BCUT2D eigenvalue weighted by Crippen LogP contribution is 2.16. The first kappa shape index (κ1) is 21.4. The van der Waals surface area contributed by atoms with E-state index in [9.17, 15) is 4.79 Å². The number of carbonyl (C=O) groups is 1. The van der Waals surface area contributed by atoms with Gasteiger partial charge in [-0.05, 0) is 38.8 Å². The summed E-state index contributed by atoms with van der Waals surface area (Å²) in [6.07, 6.45) is 5.77. The summed E-state index contributed by atoms with van der Waals surface area (Å²) in [6.45, 7) is 10.1. The van der Waals surface area contributed by atoms with Crippen LogP contribution in [-0.4, -0.2) is 33.6 Å². The fourth-order valence-electron chi connectivity index (χ4n) is 2.47. The van der Waals surface area contributed by atoms with E-state index in [0.29, 0.717) is 23.4 Å². The Labute approximate surface area is 166 Å². The first-order valence-corrected chi connectivity index (χ1v) is 9.55. The van der Waals surface area contributed by atoms with Crippen LogP contribution < -0.4 is 0 Å². The molecule has 28 heavy (non-hydrogen) atoms. The van der Waals surface area contributed by atoms with Crippen LogP contribution in [0.4, 0.5) is 0 Å². The number of ether oxygens (including phenoxy) is 1. The number of rotatable bonds is 9. The lowest BCUT2D eigenvalue weighted by molar-refractivity contribution is -0.137. The van der Waals surface area contributed by atoms with Gasteiger partial charge in [-0.3, -0.25) is 4.79 Å². The lowest BCUT2D eigenvalue weighted by atomic mass is 10.2. The molecule has 0 aliphatic rings. The third kappa shape index (κ3) is 6.37. The SMILES string of the molecule is C/C=C(\C=C/C(C)C)OCC(=O)N(Cc1nc(-c2ccccc2)no1)C(C)C. The van der Waals surface area contributed by atoms with Crippen LogP contribution in [0.25, 0.3) is 11.4 Å². The molecule has 1 aromatic carbocycles. The van der Waals surface area contributed by atoms with Gasteiger partial charge in [-0.1, -0.05) is 55.4 Å². The molecule has 0 saturated heterocycles. The standard InChI is InChI=1S/C22H29N3O3/c1-6-19(13-12-16(2)3)27-15-21(26)25(17(4)5)14-20-23-22(24-28-20)18-10-8-7-9-11-18/h6-13,16-17H,14-15H2,1-5H3/b13-12-,19-6+. The second-order valence-electron chi connectivity index (χ2n) is 7.08. The van der Waals surface area contributed by atoms with E-state index in [1.54, 1.807) is 4.90 Å². The van der Waals surface area contributed by atoms with E-state index in [0.717, 1.165) is 5.56 Å². The van der Waals surface area contributed by atoms with Gasteiger partial charge in [0.15, 0.2) is 6.61 Å². The Morgan fingerprint density at radius 2 is 1.93 bits per heavy atom. The van der Waals surface area contributed by atoms with Crippen molar-refractivity contribution in [3.8, 4) is 11.4 Å². The van der Waals surface area contributed by atoms with Gasteiger partial charge in [0.1, 0.15) is 12.3 Å². The molecule has 1 heterocycles. The molecule has 0 bridgehead atoms. The third-order valence-electron chi connectivity index (χ3n) is 4.04. The Morgan fingerprint density at radius 1 is 1.21 bits per heavy atom. The number of nitrogens with zero attached hydrogens (tertiary/aromatic N) is 3. The molecule has 0 saturated carbocycles. The molecular formula is C22H29N3O3. The van der Waals surface area contributed by atoms with Gasteiger partial charge in [0.05, 0.1) is 0 Å². The molecule has 0 N–H and O–H groups in total. The van der Waals surface area contributed by atoms with Gasteiger partial charge in [-0.25, -0.2) is 0 Å². The van der Waals surface area contributed by atoms with Crippen LogP contribution in [0.3, 0.4) is 0 Å². The maximum Gasteiger partial charge on any atom is 0.261 e. The Morgan fingerprint density at radius 3 is 2.54 bits per heavy atom. The Hall–Kier alpha value is -2.89. The van der Waals surface area contributed by atoms with E-state index in [4.69, 9.17) is 9.26 Å². The molecule has 1 aromatic heterocycles. The number of benzene rings is 1. The van der Waals surface area contributed by atoms with Gasteiger partial charge >= 0.3 is 0 Å². The van der Waals surface area contributed by atoms with E-state index in [1.807, 2.05) is 69.3 Å². The van der Waals surface area contributed by atoms with Crippen molar-refractivity contribution < 1.29 is 14.1 Å². The maximum atomic E-state index is 12.7. The summed E-state index contributed by atoms with van der Waals surface area (Å²) in [5.41, 5.74) is 0.873. The molecule has 0 aliphatic carbocycles.